The molecular weight excluding hydrogens is 406 g/mol. The van der Waals surface area contributed by atoms with Crippen LogP contribution in [0.1, 0.15) is 30.0 Å². The van der Waals surface area contributed by atoms with Crippen molar-refractivity contribution in [2.24, 2.45) is 0 Å². The Morgan fingerprint density at radius 2 is 1.90 bits per heavy atom. The van der Waals surface area contributed by atoms with Crippen molar-refractivity contribution >= 4 is 23.0 Å². The monoisotopic (exact) mass is 441 g/mol. The number of ether oxygens (including phenoxy) is 2. The van der Waals surface area contributed by atoms with Crippen LogP contribution in [0.15, 0.2) is 42.5 Å². The predicted molar refractivity (Wildman–Crippen MR) is 132 cm³/mol. The van der Waals surface area contributed by atoms with Gasteiger partial charge in [0.2, 0.25) is 0 Å². The Morgan fingerprint density at radius 3 is 2.65 bits per heavy atom. The zero-order valence-corrected chi connectivity index (χ0v) is 19.8. The molecule has 1 fully saturated rings. The molecule has 0 atom stereocenters. The van der Waals surface area contributed by atoms with Crippen molar-refractivity contribution in [3.63, 3.8) is 0 Å². The molecule has 6 heteroatoms. The maximum Gasteiger partial charge on any atom is 0.173 e. The number of nitrogens with zero attached hydrogens (tertiary/aromatic N) is 2. The van der Waals surface area contributed by atoms with Crippen molar-refractivity contribution in [2.75, 3.05) is 51.3 Å². The topological polar surface area (TPSA) is 37.0 Å². The van der Waals surface area contributed by atoms with Crippen LogP contribution >= 0.6 is 12.2 Å². The van der Waals surface area contributed by atoms with E-state index in [1.165, 1.54) is 11.1 Å². The SMILES string of the molecule is CCOc1ccccc1CN(CCCN1CCOCC1)C(=S)Nc1ccc(C)c(C)c1. The van der Waals surface area contributed by atoms with Gasteiger partial charge in [0, 0.05) is 44.0 Å². The summed E-state index contributed by atoms with van der Waals surface area (Å²) in [7, 11) is 0. The molecule has 1 aliphatic rings. The molecule has 0 saturated carbocycles. The third kappa shape index (κ3) is 7.20. The molecule has 2 aromatic rings. The second-order valence-electron chi connectivity index (χ2n) is 8.00. The lowest BCUT2D eigenvalue weighted by atomic mass is 10.1. The summed E-state index contributed by atoms with van der Waals surface area (Å²) in [6.45, 7) is 13.3. The Hall–Kier alpha value is -2.15. The quantitative estimate of drug-likeness (QED) is 0.572. The predicted octanol–water partition coefficient (Wildman–Crippen LogP) is 4.62. The molecule has 1 aliphatic heterocycles. The zero-order valence-electron chi connectivity index (χ0n) is 19.0. The average molecular weight is 442 g/mol. The molecule has 3 rings (SSSR count). The van der Waals surface area contributed by atoms with Crippen LogP contribution < -0.4 is 10.1 Å². The standard InChI is InChI=1S/C25H35N3O2S/c1-4-30-24-9-6-5-8-22(24)19-28(13-7-12-27-14-16-29-17-15-27)25(31)26-23-11-10-20(2)21(3)18-23/h5-6,8-11,18H,4,7,12-17,19H2,1-3H3,(H,26,31). The van der Waals surface area contributed by atoms with Gasteiger partial charge in [0.25, 0.3) is 0 Å². The van der Waals surface area contributed by atoms with Crippen LogP contribution in [0.25, 0.3) is 0 Å². The van der Waals surface area contributed by atoms with Crippen LogP contribution in [-0.2, 0) is 11.3 Å². The minimum absolute atomic E-state index is 0.652. The van der Waals surface area contributed by atoms with Crippen LogP contribution in [0.3, 0.4) is 0 Å². The number of anilines is 1. The first kappa shape index (κ1) is 23.5. The lowest BCUT2D eigenvalue weighted by molar-refractivity contribution is 0.0367. The number of rotatable bonds is 9. The number of hydrogen-bond acceptors (Lipinski definition) is 4. The van der Waals surface area contributed by atoms with Gasteiger partial charge in [-0.2, -0.15) is 0 Å². The van der Waals surface area contributed by atoms with Crippen LogP contribution in [0.4, 0.5) is 5.69 Å². The number of hydrogen-bond donors (Lipinski definition) is 1. The first-order valence-electron chi connectivity index (χ1n) is 11.2. The normalized spacial score (nSPS) is 14.3. The Morgan fingerprint density at radius 1 is 1.13 bits per heavy atom. The molecule has 0 radical (unpaired) electrons. The van der Waals surface area contributed by atoms with E-state index in [-0.39, 0.29) is 0 Å². The summed E-state index contributed by atoms with van der Waals surface area (Å²) in [5, 5.41) is 4.20. The fraction of sp³-hybridized carbons (Fsp3) is 0.480. The molecule has 0 bridgehead atoms. The summed E-state index contributed by atoms with van der Waals surface area (Å²) in [5.41, 5.74) is 4.72. The molecule has 0 aromatic heterocycles. The highest BCUT2D eigenvalue weighted by Gasteiger charge is 2.16. The van der Waals surface area contributed by atoms with Crippen molar-refractivity contribution in [3.8, 4) is 5.75 Å². The van der Waals surface area contributed by atoms with Crippen LogP contribution in [0, 0.1) is 13.8 Å². The smallest absolute Gasteiger partial charge is 0.173 e. The fourth-order valence-corrected chi connectivity index (χ4v) is 3.99. The van der Waals surface area contributed by atoms with Crippen LogP contribution in [-0.4, -0.2) is 60.9 Å². The van der Waals surface area contributed by atoms with Crippen LogP contribution in [0.5, 0.6) is 5.75 Å². The van der Waals surface area contributed by atoms with E-state index in [2.05, 4.69) is 59.3 Å². The Bertz CT molecular complexity index is 852. The van der Waals surface area contributed by atoms with E-state index in [4.69, 9.17) is 21.7 Å². The van der Waals surface area contributed by atoms with E-state index in [1.807, 2.05) is 19.1 Å². The molecule has 2 aromatic carbocycles. The summed E-state index contributed by atoms with van der Waals surface area (Å²) in [4.78, 5) is 4.72. The fourth-order valence-electron chi connectivity index (χ4n) is 3.72. The van der Waals surface area contributed by atoms with E-state index in [0.29, 0.717) is 6.61 Å². The van der Waals surface area contributed by atoms with E-state index in [1.54, 1.807) is 0 Å². The van der Waals surface area contributed by atoms with Crippen molar-refractivity contribution in [1.82, 2.24) is 9.80 Å². The van der Waals surface area contributed by atoms with Gasteiger partial charge in [-0.25, -0.2) is 0 Å². The van der Waals surface area contributed by atoms with Gasteiger partial charge in [0.05, 0.1) is 19.8 Å². The minimum atomic E-state index is 0.652. The van der Waals surface area contributed by atoms with Crippen molar-refractivity contribution in [1.29, 1.82) is 0 Å². The molecule has 5 nitrogen and oxygen atoms in total. The average Bonchev–Trinajstić information content (AvgIpc) is 2.77. The molecule has 1 N–H and O–H groups in total. The van der Waals surface area contributed by atoms with E-state index in [9.17, 15) is 0 Å². The summed E-state index contributed by atoms with van der Waals surface area (Å²) >= 11 is 5.85. The van der Waals surface area contributed by atoms with E-state index in [0.717, 1.165) is 74.5 Å². The van der Waals surface area contributed by atoms with Gasteiger partial charge >= 0.3 is 0 Å². The summed E-state index contributed by atoms with van der Waals surface area (Å²) < 4.78 is 11.3. The first-order chi connectivity index (χ1) is 15.1. The molecule has 0 spiro atoms. The molecule has 31 heavy (non-hydrogen) atoms. The molecule has 0 amide bonds. The lowest BCUT2D eigenvalue weighted by Crippen LogP contribution is -2.40. The number of thiocarbonyl (C=S) groups is 1. The number of morpholine rings is 1. The van der Waals surface area contributed by atoms with Gasteiger partial charge in [-0.15, -0.1) is 0 Å². The van der Waals surface area contributed by atoms with Gasteiger partial charge in [-0.3, -0.25) is 4.90 Å². The van der Waals surface area contributed by atoms with E-state index >= 15 is 0 Å². The molecule has 0 aliphatic carbocycles. The minimum Gasteiger partial charge on any atom is -0.494 e. The third-order valence-electron chi connectivity index (χ3n) is 5.69. The second-order valence-corrected chi connectivity index (χ2v) is 8.39. The summed E-state index contributed by atoms with van der Waals surface area (Å²) in [5.74, 6) is 0.928. The number of para-hydroxylation sites is 1. The summed E-state index contributed by atoms with van der Waals surface area (Å²) in [6, 6.07) is 14.6. The number of benzene rings is 2. The second kappa shape index (κ2) is 12.0. The molecule has 1 heterocycles. The summed E-state index contributed by atoms with van der Waals surface area (Å²) in [6.07, 6.45) is 1.05. The maximum absolute atomic E-state index is 5.85. The number of aryl methyl sites for hydroxylation is 2. The van der Waals surface area contributed by atoms with Gasteiger partial charge in [0.1, 0.15) is 5.75 Å². The highest BCUT2D eigenvalue weighted by atomic mass is 32.1. The van der Waals surface area contributed by atoms with Crippen molar-refractivity contribution in [3.05, 3.63) is 59.2 Å². The largest absolute Gasteiger partial charge is 0.494 e. The number of nitrogens with one attached hydrogen (secondary N) is 1. The van der Waals surface area contributed by atoms with Crippen LogP contribution in [0.2, 0.25) is 0 Å². The maximum atomic E-state index is 5.85. The Labute approximate surface area is 192 Å². The molecular formula is C25H35N3O2S. The highest BCUT2D eigenvalue weighted by Crippen LogP contribution is 2.21. The first-order valence-corrected chi connectivity index (χ1v) is 11.6. The van der Waals surface area contributed by atoms with Gasteiger partial charge in [-0.05, 0) is 68.7 Å². The zero-order chi connectivity index (χ0) is 22.1. The van der Waals surface area contributed by atoms with Gasteiger partial charge in [0.15, 0.2) is 5.11 Å². The molecule has 168 valence electrons. The van der Waals surface area contributed by atoms with Gasteiger partial charge in [-0.1, -0.05) is 24.3 Å². The highest BCUT2D eigenvalue weighted by molar-refractivity contribution is 7.80. The van der Waals surface area contributed by atoms with Crippen molar-refractivity contribution in [2.45, 2.75) is 33.7 Å². The van der Waals surface area contributed by atoms with E-state index < -0.39 is 0 Å². The Balaban J connectivity index is 1.69. The molecule has 1 saturated heterocycles. The van der Waals surface area contributed by atoms with Crippen molar-refractivity contribution < 1.29 is 9.47 Å². The Kier molecular flexibility index (Phi) is 9.13. The lowest BCUT2D eigenvalue weighted by Gasteiger charge is -2.30. The van der Waals surface area contributed by atoms with Gasteiger partial charge < -0.3 is 19.7 Å². The third-order valence-corrected chi connectivity index (χ3v) is 6.05. The molecule has 0 unspecified atom stereocenters.